The molecule has 0 atom stereocenters. The molecule has 0 radical (unpaired) electrons. The van der Waals surface area contributed by atoms with Gasteiger partial charge < -0.3 is 19.7 Å². The fraction of sp³-hybridized carbons (Fsp3) is 0.526. The number of benzene rings is 1. The second-order valence-corrected chi connectivity index (χ2v) is 7.84. The third-order valence-corrected chi connectivity index (χ3v) is 4.21. The molecule has 0 bridgehead atoms. The lowest BCUT2D eigenvalue weighted by molar-refractivity contribution is -0.153. The van der Waals surface area contributed by atoms with E-state index in [1.165, 1.54) is 0 Å². The van der Waals surface area contributed by atoms with E-state index in [9.17, 15) is 14.4 Å². The quantitative estimate of drug-likeness (QED) is 0.787. The van der Waals surface area contributed by atoms with Crippen molar-refractivity contribution in [2.45, 2.75) is 39.2 Å². The predicted octanol–water partition coefficient (Wildman–Crippen LogP) is 3.47. The molecule has 1 heterocycles. The molecule has 1 aliphatic rings. The lowest BCUT2D eigenvalue weighted by Gasteiger charge is -2.32. The number of carbonyl (C=O) groups is 3. The molecule has 0 saturated carbocycles. The van der Waals surface area contributed by atoms with Crippen LogP contribution in [0.15, 0.2) is 24.3 Å². The fourth-order valence-corrected chi connectivity index (χ4v) is 2.74. The summed E-state index contributed by atoms with van der Waals surface area (Å²) in [5, 5.41) is 3.19. The summed E-state index contributed by atoms with van der Waals surface area (Å²) in [6.07, 6.45) is 0.588. The Morgan fingerprint density at radius 1 is 1.15 bits per heavy atom. The van der Waals surface area contributed by atoms with E-state index in [-0.39, 0.29) is 18.6 Å². The number of halogens is 1. The van der Waals surface area contributed by atoms with Gasteiger partial charge in [-0.1, -0.05) is 11.6 Å². The maximum absolute atomic E-state index is 12.2. The Morgan fingerprint density at radius 2 is 1.74 bits per heavy atom. The molecule has 1 saturated heterocycles. The summed E-state index contributed by atoms with van der Waals surface area (Å²) in [5.41, 5.74) is 0.0238. The van der Waals surface area contributed by atoms with Gasteiger partial charge in [0.2, 0.25) is 0 Å². The summed E-state index contributed by atoms with van der Waals surface area (Å²) in [7, 11) is 0. The van der Waals surface area contributed by atoms with E-state index in [2.05, 4.69) is 5.32 Å². The Hall–Kier alpha value is -2.28. The molecular formula is C19H25ClN2O5. The second-order valence-electron chi connectivity index (χ2n) is 7.40. The summed E-state index contributed by atoms with van der Waals surface area (Å²) < 4.78 is 10.4. The number of nitrogens with zero attached hydrogens (tertiary/aromatic N) is 1. The highest BCUT2D eigenvalue weighted by atomic mass is 35.5. The Bertz CT molecular complexity index is 676. The number of amides is 2. The maximum Gasteiger partial charge on any atom is 0.410 e. The molecule has 1 aromatic carbocycles. The lowest BCUT2D eigenvalue weighted by atomic mass is 9.97. The number of hydrogen-bond acceptors (Lipinski definition) is 5. The van der Waals surface area contributed by atoms with Gasteiger partial charge in [0, 0.05) is 23.8 Å². The molecule has 8 heteroatoms. The average molecular weight is 397 g/mol. The zero-order chi connectivity index (χ0) is 20.0. The summed E-state index contributed by atoms with van der Waals surface area (Å²) in [6, 6.07) is 6.63. The van der Waals surface area contributed by atoms with Gasteiger partial charge in [0.25, 0.3) is 5.91 Å². The van der Waals surface area contributed by atoms with Crippen LogP contribution < -0.4 is 5.32 Å². The van der Waals surface area contributed by atoms with Crippen LogP contribution in [0.1, 0.15) is 33.6 Å². The third kappa shape index (κ3) is 7.09. The zero-order valence-corrected chi connectivity index (χ0v) is 16.5. The molecule has 1 aromatic rings. The van der Waals surface area contributed by atoms with Crippen LogP contribution in [0.3, 0.4) is 0 Å². The highest BCUT2D eigenvalue weighted by molar-refractivity contribution is 6.30. The van der Waals surface area contributed by atoms with E-state index in [1.807, 2.05) is 20.8 Å². The largest absolute Gasteiger partial charge is 0.455 e. The first kappa shape index (κ1) is 21.0. The van der Waals surface area contributed by atoms with Gasteiger partial charge >= 0.3 is 12.1 Å². The minimum Gasteiger partial charge on any atom is -0.455 e. The maximum atomic E-state index is 12.2. The summed E-state index contributed by atoms with van der Waals surface area (Å²) in [4.78, 5) is 37.6. The number of likely N-dealkylation sites (tertiary alicyclic amines) is 1. The number of nitrogens with one attached hydrogen (secondary N) is 1. The van der Waals surface area contributed by atoms with Crippen LogP contribution >= 0.6 is 11.6 Å². The number of piperidine rings is 1. The molecule has 7 nitrogen and oxygen atoms in total. The zero-order valence-electron chi connectivity index (χ0n) is 15.8. The van der Waals surface area contributed by atoms with Crippen molar-refractivity contribution in [3.05, 3.63) is 29.3 Å². The van der Waals surface area contributed by atoms with E-state index in [0.717, 1.165) is 0 Å². The monoisotopic (exact) mass is 396 g/mol. The van der Waals surface area contributed by atoms with E-state index in [4.69, 9.17) is 21.1 Å². The molecule has 27 heavy (non-hydrogen) atoms. The molecular weight excluding hydrogens is 372 g/mol. The van der Waals surface area contributed by atoms with E-state index in [1.54, 1.807) is 29.2 Å². The van der Waals surface area contributed by atoms with E-state index in [0.29, 0.717) is 36.6 Å². The van der Waals surface area contributed by atoms with Gasteiger partial charge in [0.05, 0.1) is 5.92 Å². The third-order valence-electron chi connectivity index (χ3n) is 3.95. The van der Waals surface area contributed by atoms with Gasteiger partial charge in [-0.3, -0.25) is 9.59 Å². The Kier molecular flexibility index (Phi) is 7.07. The molecule has 0 aliphatic carbocycles. The Labute approximate surface area is 163 Å². The SMILES string of the molecule is CC(C)(C)OC(=O)N1CCC(C(=O)OCC(=O)Nc2ccc(Cl)cc2)CC1. The van der Waals surface area contributed by atoms with E-state index < -0.39 is 17.5 Å². The topological polar surface area (TPSA) is 84.9 Å². The molecule has 2 rings (SSSR count). The number of anilines is 1. The van der Waals surface area contributed by atoms with Crippen molar-refractivity contribution in [2.24, 2.45) is 5.92 Å². The van der Waals surface area contributed by atoms with Gasteiger partial charge in [0.15, 0.2) is 6.61 Å². The van der Waals surface area contributed by atoms with Crippen molar-refractivity contribution in [1.82, 2.24) is 4.90 Å². The van der Waals surface area contributed by atoms with Crippen molar-refractivity contribution in [3.63, 3.8) is 0 Å². The number of carbonyl (C=O) groups excluding carboxylic acids is 3. The first-order valence-corrected chi connectivity index (χ1v) is 9.22. The fourth-order valence-electron chi connectivity index (χ4n) is 2.61. The Morgan fingerprint density at radius 3 is 2.30 bits per heavy atom. The van der Waals surface area contributed by atoms with E-state index >= 15 is 0 Å². The summed E-state index contributed by atoms with van der Waals surface area (Å²) >= 11 is 5.78. The van der Waals surface area contributed by atoms with Crippen LogP contribution in [0.2, 0.25) is 5.02 Å². The van der Waals surface area contributed by atoms with Crippen LogP contribution in [-0.4, -0.2) is 48.2 Å². The molecule has 0 aromatic heterocycles. The number of rotatable bonds is 4. The van der Waals surface area contributed by atoms with Gasteiger partial charge in [-0.25, -0.2) is 4.79 Å². The normalized spacial score (nSPS) is 15.2. The van der Waals surface area contributed by atoms with Crippen LogP contribution in [0.5, 0.6) is 0 Å². The molecule has 1 fully saturated rings. The molecule has 1 aliphatic heterocycles. The average Bonchev–Trinajstić information content (AvgIpc) is 2.60. The minimum atomic E-state index is -0.551. The summed E-state index contributed by atoms with van der Waals surface area (Å²) in [5.74, 6) is -1.17. The predicted molar refractivity (Wildman–Crippen MR) is 102 cm³/mol. The smallest absolute Gasteiger partial charge is 0.410 e. The summed E-state index contributed by atoms with van der Waals surface area (Å²) in [6.45, 7) is 5.92. The lowest BCUT2D eigenvalue weighted by Crippen LogP contribution is -2.43. The molecule has 2 amide bonds. The van der Waals surface area contributed by atoms with Crippen LogP contribution in [0.4, 0.5) is 10.5 Å². The molecule has 148 valence electrons. The van der Waals surface area contributed by atoms with Gasteiger partial charge in [0.1, 0.15) is 5.60 Å². The van der Waals surface area contributed by atoms with Crippen molar-refractivity contribution in [3.8, 4) is 0 Å². The van der Waals surface area contributed by atoms with Crippen molar-refractivity contribution in [1.29, 1.82) is 0 Å². The number of hydrogen-bond donors (Lipinski definition) is 1. The van der Waals surface area contributed by atoms with Gasteiger partial charge in [-0.2, -0.15) is 0 Å². The van der Waals surface area contributed by atoms with Gasteiger partial charge in [-0.05, 0) is 57.9 Å². The standard InChI is InChI=1S/C19H25ClN2O5/c1-19(2,3)27-18(25)22-10-8-13(9-11-22)17(24)26-12-16(23)21-15-6-4-14(20)5-7-15/h4-7,13H,8-12H2,1-3H3,(H,21,23). The highest BCUT2D eigenvalue weighted by Gasteiger charge is 2.30. The highest BCUT2D eigenvalue weighted by Crippen LogP contribution is 2.21. The second kappa shape index (κ2) is 9.08. The van der Waals surface area contributed by atoms with Crippen molar-refractivity contribution < 1.29 is 23.9 Å². The number of esters is 1. The van der Waals surface area contributed by atoms with Crippen LogP contribution in [0.25, 0.3) is 0 Å². The van der Waals surface area contributed by atoms with Gasteiger partial charge in [-0.15, -0.1) is 0 Å². The van der Waals surface area contributed by atoms with Crippen molar-refractivity contribution >= 4 is 35.3 Å². The molecule has 1 N–H and O–H groups in total. The minimum absolute atomic E-state index is 0.327. The molecule has 0 unspecified atom stereocenters. The number of ether oxygens (including phenoxy) is 2. The Balaban J connectivity index is 1.72. The first-order valence-electron chi connectivity index (χ1n) is 8.84. The van der Waals surface area contributed by atoms with Crippen LogP contribution in [-0.2, 0) is 19.1 Å². The molecule has 0 spiro atoms. The van der Waals surface area contributed by atoms with Crippen LogP contribution in [0, 0.1) is 5.92 Å². The van der Waals surface area contributed by atoms with Crippen molar-refractivity contribution in [2.75, 3.05) is 25.0 Å². The first-order chi connectivity index (χ1) is 12.6.